The van der Waals surface area contributed by atoms with Gasteiger partial charge in [-0.05, 0) is 31.9 Å². The Morgan fingerprint density at radius 3 is 2.96 bits per heavy atom. The van der Waals surface area contributed by atoms with E-state index in [2.05, 4.69) is 51.8 Å². The first-order valence-electron chi connectivity index (χ1n) is 8.70. The number of nitrogens with zero attached hydrogens (tertiary/aromatic N) is 4. The first-order chi connectivity index (χ1) is 12.0. The lowest BCUT2D eigenvalue weighted by Crippen LogP contribution is -2.53. The van der Waals surface area contributed by atoms with Gasteiger partial charge in [-0.25, -0.2) is 5.10 Å². The average Bonchev–Trinajstić information content (AvgIpc) is 2.63. The summed E-state index contributed by atoms with van der Waals surface area (Å²) in [5.74, 6) is 0. The highest BCUT2D eigenvalue weighted by atomic mass is 35.5. The van der Waals surface area contributed by atoms with E-state index in [0.717, 1.165) is 31.7 Å². The molecule has 0 aliphatic carbocycles. The van der Waals surface area contributed by atoms with Crippen molar-refractivity contribution in [1.29, 1.82) is 0 Å². The Morgan fingerprint density at radius 2 is 2.24 bits per heavy atom. The molecule has 7 heteroatoms. The second-order valence-electron chi connectivity index (χ2n) is 6.50. The molecule has 1 saturated heterocycles. The molecular formula is C18H24ClN5O. The summed E-state index contributed by atoms with van der Waals surface area (Å²) < 4.78 is 0. The van der Waals surface area contributed by atoms with E-state index in [0.29, 0.717) is 11.7 Å². The van der Waals surface area contributed by atoms with Crippen LogP contribution in [0.25, 0.3) is 0 Å². The van der Waals surface area contributed by atoms with Gasteiger partial charge in [0.05, 0.1) is 11.9 Å². The molecule has 0 spiro atoms. The van der Waals surface area contributed by atoms with Crippen molar-refractivity contribution in [3.8, 4) is 0 Å². The zero-order valence-electron chi connectivity index (χ0n) is 14.9. The predicted molar refractivity (Wildman–Crippen MR) is 100 cm³/mol. The van der Waals surface area contributed by atoms with Crippen molar-refractivity contribution >= 4 is 17.3 Å². The van der Waals surface area contributed by atoms with E-state index in [1.54, 1.807) is 6.20 Å². The molecular weight excluding hydrogens is 338 g/mol. The summed E-state index contributed by atoms with van der Waals surface area (Å²) >= 11 is 6.18. The number of anilines is 1. The Hall–Kier alpha value is -1.92. The minimum atomic E-state index is -0.342. The van der Waals surface area contributed by atoms with Crippen LogP contribution in [0.4, 0.5) is 5.69 Å². The second-order valence-corrected chi connectivity index (χ2v) is 6.88. The number of hydrogen-bond donors (Lipinski definition) is 1. The molecule has 25 heavy (non-hydrogen) atoms. The normalized spacial score (nSPS) is 19.8. The first-order valence-corrected chi connectivity index (χ1v) is 9.08. The van der Waals surface area contributed by atoms with Gasteiger partial charge < -0.3 is 4.90 Å². The van der Waals surface area contributed by atoms with E-state index < -0.39 is 0 Å². The van der Waals surface area contributed by atoms with Gasteiger partial charge in [-0.3, -0.25) is 14.7 Å². The highest BCUT2D eigenvalue weighted by Gasteiger charge is 2.29. The van der Waals surface area contributed by atoms with Crippen LogP contribution in [0.2, 0.25) is 5.02 Å². The minimum absolute atomic E-state index is 0.212. The van der Waals surface area contributed by atoms with Crippen LogP contribution in [0.15, 0.2) is 29.3 Å². The first kappa shape index (κ1) is 17.9. The molecule has 2 aromatic heterocycles. The Bertz CT molecular complexity index is 793. The van der Waals surface area contributed by atoms with Crippen LogP contribution in [0.5, 0.6) is 0 Å². The summed E-state index contributed by atoms with van der Waals surface area (Å²) in [5.41, 5.74) is 2.82. The van der Waals surface area contributed by atoms with Gasteiger partial charge in [0.1, 0.15) is 5.02 Å². The zero-order chi connectivity index (χ0) is 18.0. The van der Waals surface area contributed by atoms with Gasteiger partial charge in [-0.1, -0.05) is 24.6 Å². The van der Waals surface area contributed by atoms with Crippen molar-refractivity contribution in [3.05, 3.63) is 51.2 Å². The lowest BCUT2D eigenvalue weighted by atomic mass is 10.0. The van der Waals surface area contributed by atoms with Crippen LogP contribution in [0.1, 0.15) is 38.1 Å². The number of rotatable bonds is 4. The van der Waals surface area contributed by atoms with Crippen molar-refractivity contribution in [3.63, 3.8) is 0 Å². The topological polar surface area (TPSA) is 65.1 Å². The number of pyridine rings is 1. The Morgan fingerprint density at radius 1 is 1.44 bits per heavy atom. The Labute approximate surface area is 152 Å². The predicted octanol–water partition coefficient (Wildman–Crippen LogP) is 2.65. The maximum absolute atomic E-state index is 11.7. The number of piperazine rings is 1. The van der Waals surface area contributed by atoms with Gasteiger partial charge in [-0.15, -0.1) is 0 Å². The molecule has 0 amide bonds. The quantitative estimate of drug-likeness (QED) is 0.906. The van der Waals surface area contributed by atoms with E-state index in [4.69, 9.17) is 11.6 Å². The average molecular weight is 362 g/mol. The third-order valence-corrected chi connectivity index (χ3v) is 5.37. The third-order valence-electron chi connectivity index (χ3n) is 5.00. The van der Waals surface area contributed by atoms with Crippen LogP contribution in [-0.2, 0) is 6.42 Å². The van der Waals surface area contributed by atoms with Crippen molar-refractivity contribution < 1.29 is 0 Å². The van der Waals surface area contributed by atoms with E-state index in [-0.39, 0.29) is 16.6 Å². The number of nitrogens with one attached hydrogen (secondary N) is 1. The zero-order valence-corrected chi connectivity index (χ0v) is 15.6. The summed E-state index contributed by atoms with van der Waals surface area (Å²) in [6, 6.07) is 4.72. The number of H-pyrrole nitrogens is 1. The molecule has 0 radical (unpaired) electrons. The summed E-state index contributed by atoms with van der Waals surface area (Å²) in [6.45, 7) is 9.12. The van der Waals surface area contributed by atoms with Gasteiger partial charge in [0, 0.05) is 43.6 Å². The number of aromatic amines is 1. The van der Waals surface area contributed by atoms with E-state index in [9.17, 15) is 4.79 Å². The monoisotopic (exact) mass is 361 g/mol. The van der Waals surface area contributed by atoms with Gasteiger partial charge in [0.15, 0.2) is 0 Å². The summed E-state index contributed by atoms with van der Waals surface area (Å²) in [5, 5.41) is 6.48. The van der Waals surface area contributed by atoms with Crippen LogP contribution in [0, 0.1) is 0 Å². The van der Waals surface area contributed by atoms with Gasteiger partial charge in [0.2, 0.25) is 0 Å². The highest BCUT2D eigenvalue weighted by molar-refractivity contribution is 6.33. The molecule has 2 unspecified atom stereocenters. The molecule has 2 atom stereocenters. The maximum Gasteiger partial charge on any atom is 0.285 e. The number of aryl methyl sites for hydroxylation is 1. The van der Waals surface area contributed by atoms with Crippen molar-refractivity contribution in [2.45, 2.75) is 39.3 Å². The van der Waals surface area contributed by atoms with Crippen LogP contribution in [0.3, 0.4) is 0 Å². The SMILES string of the molecule is CCc1ncccc1C(C)N1CCN(c2cn[nH]c(=O)c2Cl)C(C)C1. The van der Waals surface area contributed by atoms with E-state index in [1.165, 1.54) is 5.56 Å². The molecule has 0 bridgehead atoms. The standard InChI is InChI=1S/C18H24ClN5O/c1-4-15-14(6-5-7-20-15)13(3)23-8-9-24(12(2)11-23)16-10-21-22-18(25)17(16)19/h5-7,10,12-13H,4,8-9,11H2,1-3H3,(H,22,25). The smallest absolute Gasteiger partial charge is 0.285 e. The molecule has 1 fully saturated rings. The van der Waals surface area contributed by atoms with Crippen molar-refractivity contribution in [1.82, 2.24) is 20.1 Å². The van der Waals surface area contributed by atoms with Gasteiger partial charge >= 0.3 is 0 Å². The molecule has 1 aliphatic rings. The highest BCUT2D eigenvalue weighted by Crippen LogP contribution is 2.29. The molecule has 0 saturated carbocycles. The largest absolute Gasteiger partial charge is 0.364 e. The molecule has 6 nitrogen and oxygen atoms in total. The summed E-state index contributed by atoms with van der Waals surface area (Å²) in [6.07, 6.45) is 4.43. The van der Waals surface area contributed by atoms with E-state index >= 15 is 0 Å². The molecule has 3 rings (SSSR count). The molecule has 134 valence electrons. The van der Waals surface area contributed by atoms with Crippen LogP contribution < -0.4 is 10.5 Å². The fourth-order valence-corrected chi connectivity index (χ4v) is 3.79. The second kappa shape index (κ2) is 7.54. The summed E-state index contributed by atoms with van der Waals surface area (Å²) in [7, 11) is 0. The van der Waals surface area contributed by atoms with Gasteiger partial charge in [-0.2, -0.15) is 5.10 Å². The molecule has 3 heterocycles. The number of hydrogen-bond acceptors (Lipinski definition) is 5. The Kier molecular flexibility index (Phi) is 5.39. The third kappa shape index (κ3) is 3.55. The Balaban J connectivity index is 1.77. The van der Waals surface area contributed by atoms with Gasteiger partial charge in [0.25, 0.3) is 5.56 Å². The van der Waals surface area contributed by atoms with E-state index in [1.807, 2.05) is 12.3 Å². The molecule has 2 aromatic rings. The fraction of sp³-hybridized carbons (Fsp3) is 0.500. The van der Waals surface area contributed by atoms with Crippen molar-refractivity contribution in [2.75, 3.05) is 24.5 Å². The molecule has 0 aromatic carbocycles. The minimum Gasteiger partial charge on any atom is -0.364 e. The molecule has 1 aliphatic heterocycles. The summed E-state index contributed by atoms with van der Waals surface area (Å²) in [4.78, 5) is 20.9. The number of aromatic nitrogens is 3. The lowest BCUT2D eigenvalue weighted by molar-refractivity contribution is 0.174. The van der Waals surface area contributed by atoms with Crippen LogP contribution >= 0.6 is 11.6 Å². The maximum atomic E-state index is 11.7. The fourth-order valence-electron chi connectivity index (χ4n) is 3.59. The van der Waals surface area contributed by atoms with Crippen LogP contribution in [-0.4, -0.2) is 45.8 Å². The van der Waals surface area contributed by atoms with Crippen molar-refractivity contribution in [2.24, 2.45) is 0 Å². The lowest BCUT2D eigenvalue weighted by Gasteiger charge is -2.43. The number of halogens is 1. The molecule has 1 N–H and O–H groups in total.